The maximum atomic E-state index is 12.4. The molecule has 1 aromatic carbocycles. The molecule has 1 N–H and O–H groups in total. The van der Waals surface area contributed by atoms with Crippen LogP contribution in [-0.4, -0.2) is 31.4 Å². The number of hydrogen-bond donors (Lipinski definition) is 1. The van der Waals surface area contributed by atoms with Gasteiger partial charge in [-0.1, -0.05) is 30.0 Å². The zero-order valence-corrected chi connectivity index (χ0v) is 17.6. The molecule has 4 aromatic rings. The van der Waals surface area contributed by atoms with E-state index < -0.39 is 0 Å². The summed E-state index contributed by atoms with van der Waals surface area (Å²) >= 11 is 2.62. The predicted molar refractivity (Wildman–Crippen MR) is 118 cm³/mol. The molecule has 4 rings (SSSR count). The van der Waals surface area contributed by atoms with Crippen LogP contribution in [0.1, 0.15) is 11.1 Å². The predicted octanol–water partition coefficient (Wildman–Crippen LogP) is 4.30. The first-order valence-electron chi connectivity index (χ1n) is 8.99. The highest BCUT2D eigenvalue weighted by molar-refractivity contribution is 7.99. The highest BCUT2D eigenvalue weighted by Crippen LogP contribution is 2.29. The number of para-hydroxylation sites is 1. The number of nitrogens with zero attached hydrogens (tertiary/aromatic N) is 5. The number of rotatable bonds is 6. The molecule has 0 aliphatic heterocycles. The van der Waals surface area contributed by atoms with E-state index in [4.69, 9.17) is 5.26 Å². The second kappa shape index (κ2) is 8.90. The van der Waals surface area contributed by atoms with Gasteiger partial charge >= 0.3 is 0 Å². The van der Waals surface area contributed by atoms with Crippen molar-refractivity contribution in [3.05, 3.63) is 71.4 Å². The Morgan fingerprint density at radius 1 is 1.20 bits per heavy atom. The van der Waals surface area contributed by atoms with Crippen molar-refractivity contribution in [3.63, 3.8) is 0 Å². The first-order chi connectivity index (χ1) is 14.7. The van der Waals surface area contributed by atoms with Crippen molar-refractivity contribution in [2.75, 3.05) is 11.1 Å². The van der Waals surface area contributed by atoms with E-state index >= 15 is 0 Å². The van der Waals surface area contributed by atoms with Crippen LogP contribution in [0.2, 0.25) is 0 Å². The Labute approximate surface area is 181 Å². The van der Waals surface area contributed by atoms with Gasteiger partial charge < -0.3 is 5.32 Å². The van der Waals surface area contributed by atoms with Crippen LogP contribution in [0.4, 0.5) is 5.00 Å². The van der Waals surface area contributed by atoms with Crippen LogP contribution >= 0.6 is 23.1 Å². The third-order valence-electron chi connectivity index (χ3n) is 4.30. The average Bonchev–Trinajstić information content (AvgIpc) is 3.40. The SMILES string of the molecule is Cc1ccccc1-n1c(SCC(=O)Nc2sccc2C#N)nnc1-c1ccncc1. The smallest absolute Gasteiger partial charge is 0.235 e. The third kappa shape index (κ3) is 4.10. The fraction of sp³-hybridized carbons (Fsp3) is 0.0952. The summed E-state index contributed by atoms with van der Waals surface area (Å²) in [6.07, 6.45) is 3.42. The molecule has 3 heterocycles. The van der Waals surface area contributed by atoms with Gasteiger partial charge in [-0.15, -0.1) is 21.5 Å². The summed E-state index contributed by atoms with van der Waals surface area (Å²) in [5.74, 6) is 0.617. The van der Waals surface area contributed by atoms with Crippen LogP contribution in [-0.2, 0) is 4.79 Å². The zero-order chi connectivity index (χ0) is 20.9. The van der Waals surface area contributed by atoms with Crippen molar-refractivity contribution in [2.24, 2.45) is 0 Å². The number of thioether (sulfide) groups is 1. The lowest BCUT2D eigenvalue weighted by atomic mass is 10.2. The Kier molecular flexibility index (Phi) is 5.88. The van der Waals surface area contributed by atoms with E-state index in [2.05, 4.69) is 26.6 Å². The van der Waals surface area contributed by atoms with E-state index in [1.54, 1.807) is 23.8 Å². The molecule has 3 aromatic heterocycles. The fourth-order valence-electron chi connectivity index (χ4n) is 2.87. The molecule has 0 aliphatic rings. The summed E-state index contributed by atoms with van der Waals surface area (Å²) < 4.78 is 1.95. The van der Waals surface area contributed by atoms with Crippen LogP contribution < -0.4 is 5.32 Å². The summed E-state index contributed by atoms with van der Waals surface area (Å²) in [6.45, 7) is 2.02. The molecular weight excluding hydrogens is 416 g/mol. The van der Waals surface area contributed by atoms with Crippen LogP contribution in [0.15, 0.2) is 65.4 Å². The van der Waals surface area contributed by atoms with Gasteiger partial charge in [-0.25, -0.2) is 0 Å². The lowest BCUT2D eigenvalue weighted by Crippen LogP contribution is -2.14. The number of pyridine rings is 1. The molecule has 9 heteroatoms. The van der Waals surface area contributed by atoms with Gasteiger partial charge in [0.05, 0.1) is 17.0 Å². The molecule has 0 spiro atoms. The number of nitriles is 1. The first kappa shape index (κ1) is 19.8. The number of benzene rings is 1. The van der Waals surface area contributed by atoms with Gasteiger partial charge in [-0.2, -0.15) is 5.26 Å². The minimum Gasteiger partial charge on any atom is -0.316 e. The van der Waals surface area contributed by atoms with Gasteiger partial charge in [-0.05, 0) is 42.1 Å². The monoisotopic (exact) mass is 432 g/mol. The van der Waals surface area contributed by atoms with Gasteiger partial charge in [0.15, 0.2) is 11.0 Å². The maximum Gasteiger partial charge on any atom is 0.235 e. The molecule has 30 heavy (non-hydrogen) atoms. The Balaban J connectivity index is 1.62. The quantitative estimate of drug-likeness (QED) is 0.456. The van der Waals surface area contributed by atoms with Crippen LogP contribution in [0.25, 0.3) is 17.1 Å². The van der Waals surface area contributed by atoms with Gasteiger partial charge in [0.1, 0.15) is 11.1 Å². The molecule has 1 amide bonds. The highest BCUT2D eigenvalue weighted by atomic mass is 32.2. The zero-order valence-electron chi connectivity index (χ0n) is 15.9. The van der Waals surface area contributed by atoms with Crippen molar-refractivity contribution in [3.8, 4) is 23.1 Å². The van der Waals surface area contributed by atoms with Crippen LogP contribution in [0.3, 0.4) is 0 Å². The van der Waals surface area contributed by atoms with Gasteiger partial charge in [-0.3, -0.25) is 14.3 Å². The number of hydrogen-bond acceptors (Lipinski definition) is 7. The molecule has 0 unspecified atom stereocenters. The normalized spacial score (nSPS) is 10.5. The van der Waals surface area contributed by atoms with Crippen LogP contribution in [0.5, 0.6) is 0 Å². The number of aromatic nitrogens is 4. The van der Waals surface area contributed by atoms with Crippen molar-refractivity contribution in [1.82, 2.24) is 19.7 Å². The molecule has 7 nitrogen and oxygen atoms in total. The Morgan fingerprint density at radius 3 is 2.77 bits per heavy atom. The summed E-state index contributed by atoms with van der Waals surface area (Å²) in [7, 11) is 0. The number of carbonyl (C=O) groups excluding carboxylic acids is 1. The van der Waals surface area contributed by atoms with Gasteiger partial charge in [0, 0.05) is 18.0 Å². The number of nitrogens with one attached hydrogen (secondary N) is 1. The fourth-order valence-corrected chi connectivity index (χ4v) is 4.37. The molecule has 0 atom stereocenters. The molecule has 0 bridgehead atoms. The van der Waals surface area contributed by atoms with Crippen molar-refractivity contribution < 1.29 is 4.79 Å². The molecule has 0 saturated carbocycles. The van der Waals surface area contributed by atoms with E-state index in [-0.39, 0.29) is 11.7 Å². The van der Waals surface area contributed by atoms with E-state index in [1.165, 1.54) is 23.1 Å². The largest absolute Gasteiger partial charge is 0.316 e. The summed E-state index contributed by atoms with van der Waals surface area (Å²) in [5.41, 5.74) is 3.36. The standard InChI is InChI=1S/C21H16N6OS2/c1-14-4-2-3-5-17(14)27-19(15-6-9-23-10-7-15)25-26-21(27)30-13-18(28)24-20-16(12-22)8-11-29-20/h2-11H,13H2,1H3,(H,24,28). The highest BCUT2D eigenvalue weighted by Gasteiger charge is 2.19. The average molecular weight is 433 g/mol. The molecule has 0 saturated heterocycles. The molecular formula is C21H16N6OS2. The molecule has 0 aliphatic carbocycles. The Bertz CT molecular complexity index is 1230. The van der Waals surface area contributed by atoms with E-state index in [0.717, 1.165) is 16.8 Å². The Morgan fingerprint density at radius 2 is 2.00 bits per heavy atom. The van der Waals surface area contributed by atoms with Gasteiger partial charge in [0.2, 0.25) is 5.91 Å². The summed E-state index contributed by atoms with van der Waals surface area (Å²) in [5, 5.41) is 23.5. The van der Waals surface area contributed by atoms with E-state index in [1.807, 2.05) is 47.9 Å². The maximum absolute atomic E-state index is 12.4. The third-order valence-corrected chi connectivity index (χ3v) is 6.06. The topological polar surface area (TPSA) is 96.5 Å². The minimum atomic E-state index is -0.205. The second-order valence-electron chi connectivity index (χ2n) is 6.28. The number of thiophene rings is 1. The van der Waals surface area contributed by atoms with Crippen LogP contribution in [0, 0.1) is 18.3 Å². The van der Waals surface area contributed by atoms with E-state index in [0.29, 0.717) is 21.5 Å². The molecule has 0 radical (unpaired) electrons. The summed E-state index contributed by atoms with van der Waals surface area (Å²) in [6, 6.07) is 15.5. The van der Waals surface area contributed by atoms with Crippen molar-refractivity contribution in [1.29, 1.82) is 5.26 Å². The van der Waals surface area contributed by atoms with Crippen molar-refractivity contribution >= 4 is 34.0 Å². The first-order valence-corrected chi connectivity index (χ1v) is 10.9. The minimum absolute atomic E-state index is 0.142. The number of amides is 1. The van der Waals surface area contributed by atoms with Crippen molar-refractivity contribution in [2.45, 2.75) is 12.1 Å². The number of carbonyl (C=O) groups is 1. The summed E-state index contributed by atoms with van der Waals surface area (Å²) in [4.78, 5) is 16.5. The molecule has 148 valence electrons. The van der Waals surface area contributed by atoms with Gasteiger partial charge in [0.25, 0.3) is 0 Å². The second-order valence-corrected chi connectivity index (χ2v) is 8.13. The molecule has 0 fully saturated rings. The number of aryl methyl sites for hydroxylation is 1. The Hall–Kier alpha value is -3.48. The van der Waals surface area contributed by atoms with E-state index in [9.17, 15) is 4.79 Å². The lowest BCUT2D eigenvalue weighted by Gasteiger charge is -2.12. The lowest BCUT2D eigenvalue weighted by molar-refractivity contribution is -0.113. The number of anilines is 1.